The Labute approximate surface area is 114 Å². The second-order valence-electron chi connectivity index (χ2n) is 4.07. The van der Waals surface area contributed by atoms with Crippen LogP contribution in [0.25, 0.3) is 0 Å². The van der Waals surface area contributed by atoms with E-state index in [0.29, 0.717) is 23.9 Å². The number of hydrogen-bond acceptors (Lipinski definition) is 5. The highest BCUT2D eigenvalue weighted by atomic mass is 16.5. The van der Waals surface area contributed by atoms with Crippen LogP contribution in [-0.2, 0) is 4.74 Å². The second-order valence-corrected chi connectivity index (χ2v) is 4.07. The summed E-state index contributed by atoms with van der Waals surface area (Å²) in [6, 6.07) is 3.49. The van der Waals surface area contributed by atoms with Gasteiger partial charge in [-0.15, -0.1) is 0 Å². The van der Waals surface area contributed by atoms with E-state index < -0.39 is 12.2 Å². The maximum Gasteiger partial charge on any atom is 0.164 e. The topological polar surface area (TPSA) is 57.2 Å². The average Bonchev–Trinajstić information content (AvgIpc) is 2.42. The molecule has 1 rings (SSSR count). The van der Waals surface area contributed by atoms with Crippen molar-refractivity contribution in [1.29, 1.82) is 0 Å². The van der Waals surface area contributed by atoms with E-state index in [2.05, 4.69) is 0 Å². The Morgan fingerprint density at radius 3 is 1.95 bits per heavy atom. The summed E-state index contributed by atoms with van der Waals surface area (Å²) < 4.78 is 21.4. The van der Waals surface area contributed by atoms with Gasteiger partial charge in [-0.2, -0.15) is 0 Å². The lowest BCUT2D eigenvalue weighted by molar-refractivity contribution is -0.0271. The number of methoxy groups -OCH3 is 3. The summed E-state index contributed by atoms with van der Waals surface area (Å²) in [4.78, 5) is 0. The molecule has 1 aromatic rings. The number of aliphatic hydroxyl groups is 1. The van der Waals surface area contributed by atoms with Gasteiger partial charge in [0.1, 0.15) is 11.9 Å². The molecule has 0 unspecified atom stereocenters. The summed E-state index contributed by atoms with van der Waals surface area (Å²) in [5.74, 6) is 1.74. The fourth-order valence-corrected chi connectivity index (χ4v) is 1.94. The van der Waals surface area contributed by atoms with E-state index >= 15 is 0 Å². The van der Waals surface area contributed by atoms with Crippen LogP contribution >= 0.6 is 0 Å². The quantitative estimate of drug-likeness (QED) is 0.823. The first-order valence-electron chi connectivity index (χ1n) is 6.18. The van der Waals surface area contributed by atoms with Gasteiger partial charge in [-0.1, -0.05) is 0 Å². The molecule has 2 atom stereocenters. The standard InChI is InChI=1S/C14H22O5/c1-6-19-14(9(2)15)10-7-12(17-4)13(18-5)8-11(10)16-3/h7-9,14-15H,6H2,1-5H3/t9-,14+/m1/s1. The molecular weight excluding hydrogens is 248 g/mol. The van der Waals surface area contributed by atoms with Gasteiger partial charge >= 0.3 is 0 Å². The lowest BCUT2D eigenvalue weighted by atomic mass is 10.0. The van der Waals surface area contributed by atoms with Crippen molar-refractivity contribution in [2.45, 2.75) is 26.1 Å². The molecule has 19 heavy (non-hydrogen) atoms. The molecule has 5 nitrogen and oxygen atoms in total. The minimum atomic E-state index is -0.660. The molecule has 0 aliphatic carbocycles. The minimum absolute atomic E-state index is 0.472. The molecule has 1 N–H and O–H groups in total. The summed E-state index contributed by atoms with van der Waals surface area (Å²) in [6.07, 6.45) is -1.13. The summed E-state index contributed by atoms with van der Waals surface area (Å²) >= 11 is 0. The summed E-state index contributed by atoms with van der Waals surface area (Å²) in [6.45, 7) is 4.05. The predicted molar refractivity (Wildman–Crippen MR) is 72.1 cm³/mol. The van der Waals surface area contributed by atoms with Gasteiger partial charge in [0, 0.05) is 18.2 Å². The number of ether oxygens (including phenoxy) is 4. The summed E-state index contributed by atoms with van der Waals surface area (Å²) in [7, 11) is 4.69. The van der Waals surface area contributed by atoms with Crippen molar-refractivity contribution in [1.82, 2.24) is 0 Å². The van der Waals surface area contributed by atoms with Crippen molar-refractivity contribution in [3.63, 3.8) is 0 Å². The number of aliphatic hydroxyl groups excluding tert-OH is 1. The van der Waals surface area contributed by atoms with E-state index in [4.69, 9.17) is 18.9 Å². The minimum Gasteiger partial charge on any atom is -0.496 e. The van der Waals surface area contributed by atoms with Crippen LogP contribution in [0.15, 0.2) is 12.1 Å². The van der Waals surface area contributed by atoms with Gasteiger partial charge in [0.15, 0.2) is 11.5 Å². The van der Waals surface area contributed by atoms with Crippen LogP contribution in [0.4, 0.5) is 0 Å². The Morgan fingerprint density at radius 1 is 1.00 bits per heavy atom. The zero-order valence-electron chi connectivity index (χ0n) is 12.1. The summed E-state index contributed by atoms with van der Waals surface area (Å²) in [5.41, 5.74) is 0.733. The fourth-order valence-electron chi connectivity index (χ4n) is 1.94. The zero-order chi connectivity index (χ0) is 14.4. The van der Waals surface area contributed by atoms with Crippen molar-refractivity contribution in [2.75, 3.05) is 27.9 Å². The third-order valence-electron chi connectivity index (χ3n) is 2.83. The largest absolute Gasteiger partial charge is 0.496 e. The van der Waals surface area contributed by atoms with E-state index in [1.54, 1.807) is 40.4 Å². The highest BCUT2D eigenvalue weighted by Crippen LogP contribution is 2.39. The Kier molecular flexibility index (Phi) is 5.92. The third kappa shape index (κ3) is 3.52. The van der Waals surface area contributed by atoms with Gasteiger partial charge < -0.3 is 24.1 Å². The molecule has 5 heteroatoms. The molecule has 0 aromatic heterocycles. The number of rotatable bonds is 7. The molecule has 1 aromatic carbocycles. The summed E-state index contributed by atoms with van der Waals surface area (Å²) in [5, 5.41) is 9.85. The van der Waals surface area contributed by atoms with E-state index in [9.17, 15) is 5.11 Å². The highest BCUT2D eigenvalue weighted by Gasteiger charge is 2.24. The Bertz CT molecular complexity index is 403. The number of hydrogen-bond donors (Lipinski definition) is 1. The molecule has 0 saturated carbocycles. The molecule has 0 aliphatic rings. The molecule has 108 valence electrons. The molecule has 0 heterocycles. The van der Waals surface area contributed by atoms with Crippen molar-refractivity contribution >= 4 is 0 Å². The lowest BCUT2D eigenvalue weighted by Gasteiger charge is -2.23. The van der Waals surface area contributed by atoms with Crippen LogP contribution in [0.5, 0.6) is 17.2 Å². The van der Waals surface area contributed by atoms with Crippen molar-refractivity contribution in [2.24, 2.45) is 0 Å². The lowest BCUT2D eigenvalue weighted by Crippen LogP contribution is -2.19. The van der Waals surface area contributed by atoms with E-state index in [1.807, 2.05) is 6.92 Å². The van der Waals surface area contributed by atoms with E-state index in [1.165, 1.54) is 0 Å². The van der Waals surface area contributed by atoms with Crippen LogP contribution in [0, 0.1) is 0 Å². The second kappa shape index (κ2) is 7.21. The highest BCUT2D eigenvalue weighted by molar-refractivity contribution is 5.51. The van der Waals surface area contributed by atoms with Crippen LogP contribution in [-0.4, -0.2) is 39.1 Å². The molecule has 0 bridgehead atoms. The van der Waals surface area contributed by atoms with E-state index in [0.717, 1.165) is 5.56 Å². The van der Waals surface area contributed by atoms with E-state index in [-0.39, 0.29) is 0 Å². The molecule has 0 spiro atoms. The van der Waals surface area contributed by atoms with Gasteiger partial charge in [0.25, 0.3) is 0 Å². The molecule has 0 fully saturated rings. The smallest absolute Gasteiger partial charge is 0.164 e. The number of benzene rings is 1. The molecule has 0 aliphatic heterocycles. The monoisotopic (exact) mass is 270 g/mol. The van der Waals surface area contributed by atoms with Crippen molar-refractivity contribution in [3.05, 3.63) is 17.7 Å². The van der Waals surface area contributed by atoms with Crippen LogP contribution in [0.1, 0.15) is 25.5 Å². The maximum atomic E-state index is 9.85. The Balaban J connectivity index is 3.30. The molecule has 0 saturated heterocycles. The van der Waals surface area contributed by atoms with Gasteiger partial charge in [-0.05, 0) is 19.9 Å². The molecule has 0 radical (unpaired) electrons. The van der Waals surface area contributed by atoms with Crippen LogP contribution in [0.3, 0.4) is 0 Å². The predicted octanol–water partition coefficient (Wildman–Crippen LogP) is 2.17. The van der Waals surface area contributed by atoms with Crippen molar-refractivity contribution < 1.29 is 24.1 Å². The van der Waals surface area contributed by atoms with Gasteiger partial charge in [-0.25, -0.2) is 0 Å². The Morgan fingerprint density at radius 2 is 1.53 bits per heavy atom. The Hall–Kier alpha value is -1.46. The molecule has 0 amide bonds. The van der Waals surface area contributed by atoms with Crippen LogP contribution in [0.2, 0.25) is 0 Å². The van der Waals surface area contributed by atoms with Crippen molar-refractivity contribution in [3.8, 4) is 17.2 Å². The first-order chi connectivity index (χ1) is 9.08. The normalized spacial score (nSPS) is 13.8. The van der Waals surface area contributed by atoms with Gasteiger partial charge in [-0.3, -0.25) is 0 Å². The molecular formula is C14H22O5. The van der Waals surface area contributed by atoms with Crippen LogP contribution < -0.4 is 14.2 Å². The zero-order valence-corrected chi connectivity index (χ0v) is 12.1. The SMILES string of the molecule is CCO[C@H](c1cc(OC)c(OC)cc1OC)[C@@H](C)O. The third-order valence-corrected chi connectivity index (χ3v) is 2.83. The first-order valence-corrected chi connectivity index (χ1v) is 6.18. The fraction of sp³-hybridized carbons (Fsp3) is 0.571. The maximum absolute atomic E-state index is 9.85. The average molecular weight is 270 g/mol. The first kappa shape index (κ1) is 15.6. The van der Waals surface area contributed by atoms with Gasteiger partial charge in [0.05, 0.1) is 27.4 Å². The van der Waals surface area contributed by atoms with Gasteiger partial charge in [0.2, 0.25) is 0 Å².